The number of amides is 2. The summed E-state index contributed by atoms with van der Waals surface area (Å²) in [5.41, 5.74) is 0.885. The van der Waals surface area contributed by atoms with Crippen LogP contribution in [0.2, 0.25) is 0 Å². The largest absolute Gasteiger partial charge is 0.480 e. The third-order valence-electron chi connectivity index (χ3n) is 6.74. The van der Waals surface area contributed by atoms with E-state index in [1.807, 2.05) is 42.5 Å². The quantitative estimate of drug-likeness (QED) is 0.208. The van der Waals surface area contributed by atoms with Gasteiger partial charge < -0.3 is 34.5 Å². The van der Waals surface area contributed by atoms with Gasteiger partial charge in [-0.3, -0.25) is 0 Å². The Bertz CT molecular complexity index is 1660. The molecule has 2 N–H and O–H groups in total. The molecule has 0 spiro atoms. The molecule has 13 heteroatoms. The molecule has 5 rings (SSSR count). The van der Waals surface area contributed by atoms with Gasteiger partial charge in [0.1, 0.15) is 17.1 Å². The fourth-order valence-electron chi connectivity index (χ4n) is 4.76. The SMILES string of the molecule is COC(=O)c1sc2ccc3nc(OC)cnc3c2c1NCC1(NC(=O)OCc2ccccc2)CN(C(=O)OC(C)(C)C)C1. The van der Waals surface area contributed by atoms with Crippen LogP contribution in [-0.4, -0.2) is 78.0 Å². The van der Waals surface area contributed by atoms with Crippen molar-refractivity contribution >= 4 is 56.3 Å². The molecule has 226 valence electrons. The molecule has 2 aromatic heterocycles. The van der Waals surface area contributed by atoms with Gasteiger partial charge in [0.25, 0.3) is 0 Å². The Hall–Kier alpha value is -4.65. The second-order valence-electron chi connectivity index (χ2n) is 11.2. The molecule has 1 aliphatic rings. The summed E-state index contributed by atoms with van der Waals surface area (Å²) in [6.07, 6.45) is 0.382. The summed E-state index contributed by atoms with van der Waals surface area (Å²) >= 11 is 1.26. The zero-order valence-electron chi connectivity index (χ0n) is 24.6. The molecule has 4 aromatic rings. The van der Waals surface area contributed by atoms with Crippen LogP contribution >= 0.6 is 11.3 Å². The van der Waals surface area contributed by atoms with Crippen molar-refractivity contribution < 1.29 is 33.3 Å². The first-order chi connectivity index (χ1) is 20.5. The van der Waals surface area contributed by atoms with Crippen LogP contribution in [0.15, 0.2) is 48.7 Å². The van der Waals surface area contributed by atoms with Gasteiger partial charge >= 0.3 is 18.2 Å². The van der Waals surface area contributed by atoms with Crippen molar-refractivity contribution in [2.24, 2.45) is 0 Å². The highest BCUT2D eigenvalue weighted by Crippen LogP contribution is 2.40. The number of nitrogens with zero attached hydrogens (tertiary/aromatic N) is 3. The normalized spacial score (nSPS) is 14.1. The lowest BCUT2D eigenvalue weighted by atomic mass is 9.90. The van der Waals surface area contributed by atoms with Gasteiger partial charge in [0.15, 0.2) is 0 Å². The molecule has 2 aromatic carbocycles. The molecule has 1 saturated heterocycles. The molecular weight excluding hydrogens is 574 g/mol. The highest BCUT2D eigenvalue weighted by Gasteiger charge is 2.48. The summed E-state index contributed by atoms with van der Waals surface area (Å²) < 4.78 is 22.1. The minimum atomic E-state index is -0.925. The van der Waals surface area contributed by atoms with E-state index < -0.39 is 29.3 Å². The van der Waals surface area contributed by atoms with E-state index in [0.29, 0.717) is 32.9 Å². The molecule has 1 aliphatic heterocycles. The maximum Gasteiger partial charge on any atom is 0.410 e. The monoisotopic (exact) mass is 607 g/mol. The molecule has 0 saturated carbocycles. The van der Waals surface area contributed by atoms with Crippen molar-refractivity contribution in [3.05, 3.63) is 59.1 Å². The number of rotatable bonds is 8. The van der Waals surface area contributed by atoms with Gasteiger partial charge in [0.2, 0.25) is 5.88 Å². The third-order valence-corrected chi connectivity index (χ3v) is 7.88. The van der Waals surface area contributed by atoms with Crippen molar-refractivity contribution in [3.63, 3.8) is 0 Å². The van der Waals surface area contributed by atoms with Gasteiger partial charge in [-0.1, -0.05) is 30.3 Å². The fraction of sp³-hybridized carbons (Fsp3) is 0.367. The molecule has 0 radical (unpaired) electrons. The van der Waals surface area contributed by atoms with Crippen LogP contribution in [0.1, 0.15) is 36.0 Å². The van der Waals surface area contributed by atoms with Crippen molar-refractivity contribution in [2.75, 3.05) is 39.2 Å². The van der Waals surface area contributed by atoms with Gasteiger partial charge in [-0.2, -0.15) is 0 Å². The summed E-state index contributed by atoms with van der Waals surface area (Å²) in [6.45, 7) is 5.92. The average molecular weight is 608 g/mol. The number of esters is 1. The fourth-order valence-corrected chi connectivity index (χ4v) is 5.86. The van der Waals surface area contributed by atoms with Crippen LogP contribution < -0.4 is 15.4 Å². The van der Waals surface area contributed by atoms with Crippen LogP contribution in [0.25, 0.3) is 21.1 Å². The summed E-state index contributed by atoms with van der Waals surface area (Å²) in [5.74, 6) is -0.162. The number of alkyl carbamates (subject to hydrolysis) is 1. The lowest BCUT2D eigenvalue weighted by molar-refractivity contribution is -0.0139. The number of ether oxygens (including phenoxy) is 4. The average Bonchev–Trinajstić information content (AvgIpc) is 3.35. The zero-order valence-corrected chi connectivity index (χ0v) is 25.4. The second kappa shape index (κ2) is 11.9. The Balaban J connectivity index is 1.43. The Labute approximate surface area is 252 Å². The molecule has 12 nitrogen and oxygen atoms in total. The first-order valence-corrected chi connectivity index (χ1v) is 14.4. The first-order valence-electron chi connectivity index (χ1n) is 13.6. The van der Waals surface area contributed by atoms with Gasteiger partial charge in [-0.05, 0) is 38.5 Å². The van der Waals surface area contributed by atoms with Gasteiger partial charge in [-0.25, -0.2) is 24.4 Å². The van der Waals surface area contributed by atoms with Crippen LogP contribution in [0, 0.1) is 0 Å². The predicted octanol–water partition coefficient (Wildman–Crippen LogP) is 4.97. The number of thiophene rings is 1. The molecule has 0 atom stereocenters. The molecular formula is C30H33N5O7S. The number of nitrogens with one attached hydrogen (secondary N) is 2. The Kier molecular flexibility index (Phi) is 8.27. The number of aromatic nitrogens is 2. The minimum absolute atomic E-state index is 0.0851. The van der Waals surface area contributed by atoms with E-state index in [4.69, 9.17) is 18.9 Å². The number of carbonyl (C=O) groups is 3. The molecule has 3 heterocycles. The topological polar surface area (TPSA) is 141 Å². The minimum Gasteiger partial charge on any atom is -0.480 e. The third kappa shape index (κ3) is 6.56. The maximum absolute atomic E-state index is 13.0. The number of carbonyl (C=O) groups excluding carboxylic acids is 3. The van der Waals surface area contributed by atoms with E-state index in [1.54, 1.807) is 20.8 Å². The number of benzene rings is 2. The first kappa shape index (κ1) is 29.8. The lowest BCUT2D eigenvalue weighted by Gasteiger charge is -2.49. The summed E-state index contributed by atoms with van der Waals surface area (Å²) in [6, 6.07) is 13.0. The lowest BCUT2D eigenvalue weighted by Crippen LogP contribution is -2.74. The number of hydrogen-bond donors (Lipinski definition) is 2. The van der Waals surface area contributed by atoms with E-state index >= 15 is 0 Å². The van der Waals surface area contributed by atoms with Crippen LogP contribution in [0.4, 0.5) is 15.3 Å². The Morgan fingerprint density at radius 3 is 2.49 bits per heavy atom. The molecule has 1 fully saturated rings. The highest BCUT2D eigenvalue weighted by atomic mass is 32.1. The number of methoxy groups -OCH3 is 2. The summed E-state index contributed by atoms with van der Waals surface area (Å²) in [7, 11) is 2.83. The number of anilines is 1. The van der Waals surface area contributed by atoms with Crippen molar-refractivity contribution in [1.29, 1.82) is 0 Å². The molecule has 43 heavy (non-hydrogen) atoms. The maximum atomic E-state index is 13.0. The molecule has 0 bridgehead atoms. The standard InChI is InChI=1S/C30H33N5O7S/c1-29(2,3)42-28(38)35-16-30(17-35,34-27(37)41-14-18-9-7-6-8-10-18)15-32-24-22-20(43-25(24)26(36)40-5)12-11-19-23(22)31-13-21(33-19)39-4/h6-13,32H,14-17H2,1-5H3,(H,34,37). The van der Waals surface area contributed by atoms with Crippen molar-refractivity contribution in [2.45, 2.75) is 38.5 Å². The zero-order chi connectivity index (χ0) is 30.8. The summed E-state index contributed by atoms with van der Waals surface area (Å²) in [5, 5.41) is 6.99. The molecule has 0 unspecified atom stereocenters. The van der Waals surface area contributed by atoms with Crippen LogP contribution in [-0.2, 0) is 20.8 Å². The van der Waals surface area contributed by atoms with Gasteiger partial charge in [-0.15, -0.1) is 11.3 Å². The highest BCUT2D eigenvalue weighted by molar-refractivity contribution is 7.21. The molecule has 0 aliphatic carbocycles. The predicted molar refractivity (Wildman–Crippen MR) is 162 cm³/mol. The van der Waals surface area contributed by atoms with Crippen molar-refractivity contribution in [3.8, 4) is 5.88 Å². The second-order valence-corrected chi connectivity index (χ2v) is 12.2. The number of hydrogen-bond acceptors (Lipinski definition) is 11. The van der Waals surface area contributed by atoms with E-state index in [9.17, 15) is 14.4 Å². The summed E-state index contributed by atoms with van der Waals surface area (Å²) in [4.78, 5) is 49.5. The van der Waals surface area contributed by atoms with E-state index in [0.717, 1.165) is 10.3 Å². The van der Waals surface area contributed by atoms with Crippen LogP contribution in [0.3, 0.4) is 0 Å². The van der Waals surface area contributed by atoms with E-state index in [-0.39, 0.29) is 26.2 Å². The smallest absolute Gasteiger partial charge is 0.410 e. The van der Waals surface area contributed by atoms with Crippen LogP contribution in [0.5, 0.6) is 5.88 Å². The van der Waals surface area contributed by atoms with E-state index in [1.165, 1.54) is 36.7 Å². The van der Waals surface area contributed by atoms with Crippen molar-refractivity contribution in [1.82, 2.24) is 20.2 Å². The van der Waals surface area contributed by atoms with Gasteiger partial charge in [0, 0.05) is 16.6 Å². The number of likely N-dealkylation sites (tertiary alicyclic amines) is 1. The van der Waals surface area contributed by atoms with Gasteiger partial charge in [0.05, 0.1) is 55.8 Å². The Morgan fingerprint density at radius 2 is 1.81 bits per heavy atom. The number of fused-ring (bicyclic) bond motifs is 3. The Morgan fingerprint density at radius 1 is 1.07 bits per heavy atom. The molecule has 2 amide bonds. The van der Waals surface area contributed by atoms with E-state index in [2.05, 4.69) is 20.6 Å².